The Morgan fingerprint density at radius 1 is 1.82 bits per heavy atom. The topological polar surface area (TPSA) is 78.9 Å². The van der Waals surface area contributed by atoms with Gasteiger partial charge in [0.1, 0.15) is 6.54 Å². The summed E-state index contributed by atoms with van der Waals surface area (Å²) in [5.74, 6) is -0.152. The number of hydrogen-bond donors (Lipinski definition) is 2. The molecule has 0 bridgehead atoms. The Kier molecular flexibility index (Phi) is 5.13. The molecule has 0 fully saturated rings. The molecule has 0 saturated carbocycles. The molecule has 0 aromatic rings. The number of nitrogens with zero attached hydrogens (tertiary/aromatic N) is 1. The Bertz CT molecular complexity index is 162. The van der Waals surface area contributed by atoms with Gasteiger partial charge in [0.25, 0.3) is 0 Å². The van der Waals surface area contributed by atoms with Gasteiger partial charge in [-0.05, 0) is 6.42 Å². The van der Waals surface area contributed by atoms with E-state index in [9.17, 15) is 4.79 Å². The van der Waals surface area contributed by atoms with Gasteiger partial charge in [0, 0.05) is 12.5 Å². The van der Waals surface area contributed by atoms with Gasteiger partial charge >= 0.3 is 0 Å². The highest BCUT2D eigenvalue weighted by molar-refractivity contribution is 5.76. The molecule has 0 aliphatic rings. The normalized spacial score (nSPS) is 11.7. The van der Waals surface area contributed by atoms with Gasteiger partial charge in [-0.25, -0.2) is 0 Å². The van der Waals surface area contributed by atoms with Crippen LogP contribution in [0.15, 0.2) is 0 Å². The first-order valence-corrected chi connectivity index (χ1v) is 3.60. The Hall–Kier alpha value is -1.08. The van der Waals surface area contributed by atoms with Crippen molar-refractivity contribution in [2.75, 3.05) is 6.54 Å². The van der Waals surface area contributed by atoms with Crippen LogP contribution in [0.1, 0.15) is 19.8 Å². The lowest BCUT2D eigenvalue weighted by Crippen LogP contribution is -2.31. The van der Waals surface area contributed by atoms with Gasteiger partial charge in [0.2, 0.25) is 5.91 Å². The quantitative estimate of drug-likeness (QED) is 0.549. The molecular formula is C7H13N3O. The summed E-state index contributed by atoms with van der Waals surface area (Å²) in [6, 6.07) is 1.73. The number of nitrogens with one attached hydrogen (secondary N) is 1. The van der Waals surface area contributed by atoms with E-state index in [4.69, 9.17) is 11.0 Å². The van der Waals surface area contributed by atoms with Gasteiger partial charge in [0.05, 0.1) is 6.07 Å². The van der Waals surface area contributed by atoms with E-state index >= 15 is 0 Å². The maximum atomic E-state index is 10.8. The molecule has 0 rings (SSSR count). The van der Waals surface area contributed by atoms with Crippen LogP contribution < -0.4 is 11.1 Å². The summed E-state index contributed by atoms with van der Waals surface area (Å²) in [7, 11) is 0. The molecule has 1 atom stereocenters. The molecule has 0 aromatic heterocycles. The van der Waals surface area contributed by atoms with E-state index in [1.54, 1.807) is 0 Å². The molecule has 0 saturated heterocycles. The van der Waals surface area contributed by atoms with Crippen molar-refractivity contribution in [3.05, 3.63) is 0 Å². The number of nitrogens with two attached hydrogens (primary N) is 1. The standard InChI is InChI=1S/C7H13N3O/c1-2-6(9)5-7(11)10-4-3-8/h6H,2,4-5,9H2,1H3,(H,10,11). The maximum Gasteiger partial charge on any atom is 0.222 e. The fourth-order valence-electron chi connectivity index (χ4n) is 0.593. The lowest BCUT2D eigenvalue weighted by molar-refractivity contribution is -0.121. The van der Waals surface area contributed by atoms with Gasteiger partial charge in [0.15, 0.2) is 0 Å². The first-order chi connectivity index (χ1) is 5.20. The third kappa shape index (κ3) is 5.37. The second kappa shape index (κ2) is 5.69. The van der Waals surface area contributed by atoms with E-state index < -0.39 is 0 Å². The summed E-state index contributed by atoms with van der Waals surface area (Å²) >= 11 is 0. The largest absolute Gasteiger partial charge is 0.343 e. The van der Waals surface area contributed by atoms with Crippen molar-refractivity contribution < 1.29 is 4.79 Å². The molecule has 1 amide bonds. The molecule has 0 aliphatic carbocycles. The monoisotopic (exact) mass is 155 g/mol. The summed E-state index contributed by atoms with van der Waals surface area (Å²) in [4.78, 5) is 10.8. The molecule has 3 N–H and O–H groups in total. The molecule has 4 heteroatoms. The van der Waals surface area contributed by atoms with E-state index in [1.807, 2.05) is 13.0 Å². The van der Waals surface area contributed by atoms with Gasteiger partial charge in [-0.3, -0.25) is 4.79 Å². The van der Waals surface area contributed by atoms with Crippen LogP contribution in [-0.2, 0) is 4.79 Å². The van der Waals surface area contributed by atoms with E-state index in [2.05, 4.69) is 5.32 Å². The maximum absolute atomic E-state index is 10.8. The minimum absolute atomic E-state index is 0.0647. The predicted octanol–water partition coefficient (Wildman–Crippen LogP) is -0.246. The van der Waals surface area contributed by atoms with Gasteiger partial charge in [-0.15, -0.1) is 0 Å². The summed E-state index contributed by atoms with van der Waals surface area (Å²) in [5.41, 5.74) is 5.50. The number of hydrogen-bond acceptors (Lipinski definition) is 3. The number of rotatable bonds is 4. The van der Waals surface area contributed by atoms with Crippen molar-refractivity contribution in [3.8, 4) is 6.07 Å². The fraction of sp³-hybridized carbons (Fsp3) is 0.714. The van der Waals surface area contributed by atoms with Crippen LogP contribution >= 0.6 is 0 Å². The highest BCUT2D eigenvalue weighted by atomic mass is 16.1. The minimum atomic E-state index is -0.152. The van der Waals surface area contributed by atoms with Crippen LogP contribution in [0.25, 0.3) is 0 Å². The molecule has 0 aromatic carbocycles. The van der Waals surface area contributed by atoms with E-state index in [0.29, 0.717) is 6.42 Å². The summed E-state index contributed by atoms with van der Waals surface area (Å²) in [6.07, 6.45) is 1.08. The first kappa shape index (κ1) is 9.92. The average Bonchev–Trinajstić information content (AvgIpc) is 2.00. The van der Waals surface area contributed by atoms with Crippen molar-refractivity contribution >= 4 is 5.91 Å². The molecule has 62 valence electrons. The van der Waals surface area contributed by atoms with Crippen LogP contribution in [0.4, 0.5) is 0 Å². The van der Waals surface area contributed by atoms with Crippen LogP contribution in [0, 0.1) is 11.3 Å². The van der Waals surface area contributed by atoms with Gasteiger partial charge < -0.3 is 11.1 Å². The SMILES string of the molecule is CCC(N)CC(=O)NCC#N. The van der Waals surface area contributed by atoms with Crippen molar-refractivity contribution in [1.82, 2.24) is 5.32 Å². The van der Waals surface area contributed by atoms with Crippen molar-refractivity contribution in [1.29, 1.82) is 5.26 Å². The molecule has 1 unspecified atom stereocenters. The zero-order chi connectivity index (χ0) is 8.69. The van der Waals surface area contributed by atoms with Gasteiger partial charge in [-0.2, -0.15) is 5.26 Å². The van der Waals surface area contributed by atoms with E-state index in [0.717, 1.165) is 6.42 Å². The van der Waals surface area contributed by atoms with Crippen LogP contribution in [0.2, 0.25) is 0 Å². The van der Waals surface area contributed by atoms with E-state index in [-0.39, 0.29) is 18.5 Å². The predicted molar refractivity (Wildman–Crippen MR) is 41.5 cm³/mol. The average molecular weight is 155 g/mol. The van der Waals surface area contributed by atoms with Crippen LogP contribution in [-0.4, -0.2) is 18.5 Å². The zero-order valence-corrected chi connectivity index (χ0v) is 6.63. The third-order valence-corrected chi connectivity index (χ3v) is 1.34. The van der Waals surface area contributed by atoms with Crippen molar-refractivity contribution in [2.45, 2.75) is 25.8 Å². The smallest absolute Gasteiger partial charge is 0.222 e. The molecular weight excluding hydrogens is 142 g/mol. The highest BCUT2D eigenvalue weighted by Crippen LogP contribution is 1.91. The number of carbonyl (C=O) groups is 1. The zero-order valence-electron chi connectivity index (χ0n) is 6.63. The summed E-state index contributed by atoms with van der Waals surface area (Å²) < 4.78 is 0. The van der Waals surface area contributed by atoms with Crippen LogP contribution in [0.5, 0.6) is 0 Å². The highest BCUT2D eigenvalue weighted by Gasteiger charge is 2.05. The van der Waals surface area contributed by atoms with Gasteiger partial charge in [-0.1, -0.05) is 6.92 Å². The van der Waals surface area contributed by atoms with E-state index in [1.165, 1.54) is 0 Å². The minimum Gasteiger partial charge on any atom is -0.343 e. The second-order valence-corrected chi connectivity index (χ2v) is 2.31. The van der Waals surface area contributed by atoms with Crippen molar-refractivity contribution in [3.63, 3.8) is 0 Å². The molecule has 0 aliphatic heterocycles. The Labute approximate surface area is 66.4 Å². The Balaban J connectivity index is 3.45. The van der Waals surface area contributed by atoms with Crippen LogP contribution in [0.3, 0.4) is 0 Å². The second-order valence-electron chi connectivity index (χ2n) is 2.31. The lowest BCUT2D eigenvalue weighted by Gasteiger charge is -2.06. The lowest BCUT2D eigenvalue weighted by atomic mass is 10.1. The summed E-state index contributed by atoms with van der Waals surface area (Å²) in [6.45, 7) is 1.98. The first-order valence-electron chi connectivity index (χ1n) is 3.60. The number of carbonyl (C=O) groups excluding carboxylic acids is 1. The molecule has 11 heavy (non-hydrogen) atoms. The third-order valence-electron chi connectivity index (χ3n) is 1.34. The van der Waals surface area contributed by atoms with Crippen molar-refractivity contribution in [2.24, 2.45) is 5.73 Å². The molecule has 0 spiro atoms. The molecule has 0 radical (unpaired) electrons. The Morgan fingerprint density at radius 2 is 2.45 bits per heavy atom. The number of nitriles is 1. The molecule has 4 nitrogen and oxygen atoms in total. The fourth-order valence-corrected chi connectivity index (χ4v) is 0.593. The Morgan fingerprint density at radius 3 is 2.91 bits per heavy atom. The number of amides is 1. The molecule has 0 heterocycles. The summed E-state index contributed by atoms with van der Waals surface area (Å²) in [5, 5.41) is 10.5.